The van der Waals surface area contributed by atoms with Crippen molar-refractivity contribution in [1.29, 1.82) is 0 Å². The minimum absolute atomic E-state index is 0.236. The average Bonchev–Trinajstić information content (AvgIpc) is 2.74. The number of carbonyl (C=O) groups excluding carboxylic acids is 1. The number of aryl methyl sites for hydroxylation is 2. The summed E-state index contributed by atoms with van der Waals surface area (Å²) in [6.07, 6.45) is 0.765. The summed E-state index contributed by atoms with van der Waals surface area (Å²) in [6, 6.07) is 6.83. The van der Waals surface area contributed by atoms with Gasteiger partial charge in [0, 0.05) is 29.5 Å². The smallest absolute Gasteiger partial charge is 0.319 e. The van der Waals surface area contributed by atoms with Gasteiger partial charge in [-0.15, -0.1) is 0 Å². The molecule has 2 amide bonds. The molecule has 0 saturated carbocycles. The number of carbonyl (C=O) groups is 1. The van der Waals surface area contributed by atoms with Crippen molar-refractivity contribution < 1.29 is 4.79 Å². The molecule has 0 spiro atoms. The van der Waals surface area contributed by atoms with Gasteiger partial charge in [-0.25, -0.2) is 4.79 Å². The largest absolute Gasteiger partial charge is 0.338 e. The van der Waals surface area contributed by atoms with Crippen molar-refractivity contribution in [3.63, 3.8) is 0 Å². The number of halogens is 1. The van der Waals surface area contributed by atoms with Gasteiger partial charge in [0.25, 0.3) is 0 Å². The van der Waals surface area contributed by atoms with Gasteiger partial charge in [-0.1, -0.05) is 17.7 Å². The zero-order valence-corrected chi connectivity index (χ0v) is 13.9. The van der Waals surface area contributed by atoms with Crippen molar-refractivity contribution in [3.05, 3.63) is 46.2 Å². The number of aromatic nitrogens is 2. The first-order valence-electron chi connectivity index (χ1n) is 7.34. The van der Waals surface area contributed by atoms with Gasteiger partial charge in [-0.05, 0) is 51.0 Å². The van der Waals surface area contributed by atoms with Crippen LogP contribution < -0.4 is 10.6 Å². The second kappa shape index (κ2) is 7.31. The Bertz CT molecular complexity index is 666. The van der Waals surface area contributed by atoms with Crippen LogP contribution in [0, 0.1) is 13.8 Å². The minimum Gasteiger partial charge on any atom is -0.338 e. The van der Waals surface area contributed by atoms with Crippen molar-refractivity contribution in [2.45, 2.75) is 33.7 Å². The first kappa shape index (κ1) is 16.4. The van der Waals surface area contributed by atoms with Crippen LogP contribution >= 0.6 is 11.6 Å². The highest BCUT2D eigenvalue weighted by atomic mass is 35.5. The Balaban J connectivity index is 1.86. The molecule has 0 aliphatic carbocycles. The van der Waals surface area contributed by atoms with E-state index in [0.717, 1.165) is 24.4 Å². The summed E-state index contributed by atoms with van der Waals surface area (Å²) in [6.45, 7) is 7.55. The molecule has 0 bridgehead atoms. The van der Waals surface area contributed by atoms with Crippen molar-refractivity contribution in [2.24, 2.45) is 0 Å². The number of urea groups is 1. The first-order chi connectivity index (χ1) is 10.5. The Hall–Kier alpha value is -2.01. The van der Waals surface area contributed by atoms with E-state index in [9.17, 15) is 4.79 Å². The number of hydrogen-bond acceptors (Lipinski definition) is 2. The third kappa shape index (κ3) is 4.01. The molecule has 6 heteroatoms. The lowest BCUT2D eigenvalue weighted by Gasteiger charge is -2.08. The number of nitrogens with zero attached hydrogens (tertiary/aromatic N) is 2. The van der Waals surface area contributed by atoms with Crippen molar-refractivity contribution >= 4 is 23.3 Å². The molecule has 5 nitrogen and oxygen atoms in total. The third-order valence-corrected chi connectivity index (χ3v) is 3.81. The predicted molar refractivity (Wildman–Crippen MR) is 89.6 cm³/mol. The van der Waals surface area contributed by atoms with Gasteiger partial charge in [-0.2, -0.15) is 5.10 Å². The number of amides is 2. The highest BCUT2D eigenvalue weighted by molar-refractivity contribution is 6.30. The summed E-state index contributed by atoms with van der Waals surface area (Å²) in [5.41, 5.74) is 4.06. The fourth-order valence-electron chi connectivity index (χ4n) is 2.45. The molecule has 0 aliphatic rings. The summed E-state index contributed by atoms with van der Waals surface area (Å²) >= 11 is 5.88. The van der Waals surface area contributed by atoms with E-state index in [1.54, 1.807) is 24.3 Å². The summed E-state index contributed by atoms with van der Waals surface area (Å²) in [4.78, 5) is 11.9. The van der Waals surface area contributed by atoms with Gasteiger partial charge in [0.15, 0.2) is 0 Å². The van der Waals surface area contributed by atoms with Gasteiger partial charge >= 0.3 is 6.03 Å². The highest BCUT2D eigenvalue weighted by Gasteiger charge is 2.10. The first-order valence-corrected chi connectivity index (χ1v) is 7.72. The average molecular weight is 321 g/mol. The second-order valence-electron chi connectivity index (χ2n) is 5.11. The van der Waals surface area contributed by atoms with Gasteiger partial charge in [-0.3, -0.25) is 4.68 Å². The van der Waals surface area contributed by atoms with E-state index in [4.69, 9.17) is 11.6 Å². The maximum Gasteiger partial charge on any atom is 0.319 e. The molecule has 0 radical (unpaired) electrons. The quantitative estimate of drug-likeness (QED) is 0.885. The Morgan fingerprint density at radius 3 is 2.77 bits per heavy atom. The maximum atomic E-state index is 11.9. The molecule has 0 unspecified atom stereocenters. The highest BCUT2D eigenvalue weighted by Crippen LogP contribution is 2.15. The van der Waals surface area contributed by atoms with Crippen LogP contribution in [0.5, 0.6) is 0 Å². The minimum atomic E-state index is -0.236. The van der Waals surface area contributed by atoms with Crippen LogP contribution in [0.2, 0.25) is 5.02 Å². The molecule has 0 fully saturated rings. The van der Waals surface area contributed by atoms with Crippen molar-refractivity contribution in [3.8, 4) is 0 Å². The molecular weight excluding hydrogens is 300 g/mol. The zero-order chi connectivity index (χ0) is 16.1. The molecular formula is C16H21ClN4O. The van der Waals surface area contributed by atoms with Gasteiger partial charge in [0.05, 0.1) is 5.69 Å². The molecule has 1 aromatic carbocycles. The van der Waals surface area contributed by atoms with E-state index in [-0.39, 0.29) is 6.03 Å². The van der Waals surface area contributed by atoms with Crippen molar-refractivity contribution in [1.82, 2.24) is 15.1 Å². The van der Waals surface area contributed by atoms with Gasteiger partial charge in [0.2, 0.25) is 0 Å². The fraction of sp³-hybridized carbons (Fsp3) is 0.375. The molecule has 2 rings (SSSR count). The standard InChI is InChI=1S/C16H21ClN4O/c1-4-21-12(3)15(11(2)20-21)8-9-18-16(22)19-14-7-5-6-13(17)10-14/h5-7,10H,4,8-9H2,1-3H3,(H2,18,19,22). The van der Waals surface area contributed by atoms with E-state index in [0.29, 0.717) is 17.3 Å². The van der Waals surface area contributed by atoms with Crippen molar-refractivity contribution in [2.75, 3.05) is 11.9 Å². The van der Waals surface area contributed by atoms with Crippen LogP contribution in [0.15, 0.2) is 24.3 Å². The van der Waals surface area contributed by atoms with E-state index in [1.165, 1.54) is 5.56 Å². The Labute approximate surface area is 135 Å². The van der Waals surface area contributed by atoms with Crippen LogP contribution in [0.4, 0.5) is 10.5 Å². The number of hydrogen-bond donors (Lipinski definition) is 2. The van der Waals surface area contributed by atoms with Crippen LogP contribution in [0.3, 0.4) is 0 Å². The molecule has 0 atom stereocenters. The Kier molecular flexibility index (Phi) is 5.44. The number of rotatable bonds is 5. The van der Waals surface area contributed by atoms with Crippen LogP contribution in [-0.2, 0) is 13.0 Å². The Morgan fingerprint density at radius 2 is 2.14 bits per heavy atom. The summed E-state index contributed by atoms with van der Waals surface area (Å²) in [5, 5.41) is 10.7. The third-order valence-electron chi connectivity index (χ3n) is 3.57. The summed E-state index contributed by atoms with van der Waals surface area (Å²) in [7, 11) is 0. The van der Waals surface area contributed by atoms with Crippen LogP contribution in [-0.4, -0.2) is 22.4 Å². The molecule has 1 heterocycles. The van der Waals surface area contributed by atoms with Crippen LogP contribution in [0.1, 0.15) is 23.9 Å². The van der Waals surface area contributed by atoms with E-state index in [2.05, 4.69) is 29.6 Å². The normalized spacial score (nSPS) is 10.5. The molecule has 22 heavy (non-hydrogen) atoms. The van der Waals surface area contributed by atoms with Gasteiger partial charge < -0.3 is 10.6 Å². The SMILES string of the molecule is CCn1nc(C)c(CCNC(=O)Nc2cccc(Cl)c2)c1C. The Morgan fingerprint density at radius 1 is 1.36 bits per heavy atom. The fourth-order valence-corrected chi connectivity index (χ4v) is 2.64. The van der Waals surface area contributed by atoms with Crippen LogP contribution in [0.25, 0.3) is 0 Å². The monoisotopic (exact) mass is 320 g/mol. The predicted octanol–water partition coefficient (Wildman–Crippen LogP) is 3.54. The molecule has 118 valence electrons. The van der Waals surface area contributed by atoms with E-state index >= 15 is 0 Å². The molecule has 2 aromatic rings. The second-order valence-corrected chi connectivity index (χ2v) is 5.54. The molecule has 0 saturated heterocycles. The molecule has 1 aromatic heterocycles. The lowest BCUT2D eigenvalue weighted by molar-refractivity contribution is 0.252. The number of anilines is 1. The number of benzene rings is 1. The number of nitrogens with one attached hydrogen (secondary N) is 2. The zero-order valence-electron chi connectivity index (χ0n) is 13.1. The molecule has 0 aliphatic heterocycles. The molecule has 2 N–H and O–H groups in total. The topological polar surface area (TPSA) is 59.0 Å². The maximum absolute atomic E-state index is 11.9. The summed E-state index contributed by atoms with van der Waals surface area (Å²) < 4.78 is 1.98. The lowest BCUT2D eigenvalue weighted by Crippen LogP contribution is -2.30. The summed E-state index contributed by atoms with van der Waals surface area (Å²) in [5.74, 6) is 0. The van der Waals surface area contributed by atoms with E-state index in [1.807, 2.05) is 11.6 Å². The van der Waals surface area contributed by atoms with E-state index < -0.39 is 0 Å². The lowest BCUT2D eigenvalue weighted by atomic mass is 10.1. The van der Waals surface area contributed by atoms with Gasteiger partial charge in [0.1, 0.15) is 0 Å².